The van der Waals surface area contributed by atoms with Gasteiger partial charge in [-0.3, -0.25) is 0 Å². The molecule has 0 saturated carbocycles. The first-order valence-corrected chi connectivity index (χ1v) is 14.0. The molecular formula is C19H28BFO4SSi. The lowest BCUT2D eigenvalue weighted by atomic mass is 9.74. The third kappa shape index (κ3) is 5.44. The van der Waals surface area contributed by atoms with Gasteiger partial charge in [0.25, 0.3) is 0 Å². The van der Waals surface area contributed by atoms with Crippen LogP contribution in [-0.4, -0.2) is 34.8 Å². The molecule has 0 spiro atoms. The predicted molar refractivity (Wildman–Crippen MR) is 111 cm³/mol. The molecule has 4 nitrogen and oxygen atoms in total. The fraction of sp³-hybridized carbons (Fsp3) is 0.579. The summed E-state index contributed by atoms with van der Waals surface area (Å²) in [6, 6.07) is 3.51. The zero-order valence-electron chi connectivity index (χ0n) is 17.4. The van der Waals surface area contributed by atoms with Gasteiger partial charge in [-0.1, -0.05) is 25.6 Å². The van der Waals surface area contributed by atoms with Gasteiger partial charge in [0.15, 0.2) is 0 Å². The average Bonchev–Trinajstić information content (AvgIpc) is 2.65. The lowest BCUT2D eigenvalue weighted by molar-refractivity contribution is 0.00578. The summed E-state index contributed by atoms with van der Waals surface area (Å²) < 4.78 is 48.1. The summed E-state index contributed by atoms with van der Waals surface area (Å²) in [6.07, 6.45) is 0. The highest BCUT2D eigenvalue weighted by Crippen LogP contribution is 2.37. The fourth-order valence-electron chi connectivity index (χ4n) is 2.68. The summed E-state index contributed by atoms with van der Waals surface area (Å²) in [5.74, 6) is 2.44. The molecule has 148 valence electrons. The zero-order valence-corrected chi connectivity index (χ0v) is 19.2. The Kier molecular flexibility index (Phi) is 5.77. The molecule has 1 fully saturated rings. The van der Waals surface area contributed by atoms with E-state index in [1.54, 1.807) is 13.0 Å². The molecular weight excluding hydrogens is 382 g/mol. The Morgan fingerprint density at radius 3 is 2.07 bits per heavy atom. The van der Waals surface area contributed by atoms with Crippen LogP contribution in [0.1, 0.15) is 44.4 Å². The van der Waals surface area contributed by atoms with Gasteiger partial charge in [-0.05, 0) is 63.3 Å². The van der Waals surface area contributed by atoms with E-state index in [9.17, 15) is 12.3 Å². The summed E-state index contributed by atoms with van der Waals surface area (Å²) >= 11 is 0. The number of benzene rings is 1. The van der Waals surface area contributed by atoms with Crippen molar-refractivity contribution < 1.29 is 21.6 Å². The van der Waals surface area contributed by atoms with Gasteiger partial charge >= 0.3 is 17.3 Å². The number of hydrogen-bond acceptors (Lipinski definition) is 4. The molecule has 1 heterocycles. The minimum Gasteiger partial charge on any atom is -0.399 e. The highest BCUT2D eigenvalue weighted by Gasteiger charge is 2.52. The van der Waals surface area contributed by atoms with E-state index >= 15 is 0 Å². The van der Waals surface area contributed by atoms with E-state index in [1.807, 2.05) is 33.8 Å². The maximum Gasteiger partial charge on any atom is 0.495 e. The van der Waals surface area contributed by atoms with E-state index < -0.39 is 42.4 Å². The van der Waals surface area contributed by atoms with Crippen molar-refractivity contribution in [3.63, 3.8) is 0 Å². The molecule has 0 aliphatic carbocycles. The Hall–Kier alpha value is -1.14. The molecule has 0 bridgehead atoms. The first-order chi connectivity index (χ1) is 12.0. The number of hydrogen-bond donors (Lipinski definition) is 0. The molecule has 1 aliphatic rings. The van der Waals surface area contributed by atoms with Gasteiger partial charge in [-0.2, -0.15) is 8.42 Å². The number of rotatable bonds is 3. The molecule has 2 rings (SSSR count). The van der Waals surface area contributed by atoms with E-state index in [0.717, 1.165) is 0 Å². The highest BCUT2D eigenvalue weighted by atomic mass is 32.3. The van der Waals surface area contributed by atoms with Crippen LogP contribution in [0.15, 0.2) is 12.1 Å². The van der Waals surface area contributed by atoms with Crippen LogP contribution in [0.3, 0.4) is 0 Å². The Morgan fingerprint density at radius 2 is 1.63 bits per heavy atom. The molecule has 0 atom stereocenters. The molecule has 27 heavy (non-hydrogen) atoms. The predicted octanol–water partition coefficient (Wildman–Crippen LogP) is 3.32. The molecule has 0 amide bonds. The molecule has 0 aromatic heterocycles. The smallest absolute Gasteiger partial charge is 0.399 e. The van der Waals surface area contributed by atoms with Crippen molar-refractivity contribution in [1.29, 1.82) is 0 Å². The Balaban J connectivity index is 2.59. The molecule has 1 aliphatic heterocycles. The van der Waals surface area contributed by atoms with Gasteiger partial charge in [0.1, 0.15) is 13.8 Å². The maximum atomic E-state index is 13.4. The van der Waals surface area contributed by atoms with Crippen molar-refractivity contribution in [3.8, 4) is 11.5 Å². The fourth-order valence-corrected chi connectivity index (χ4v) is 3.87. The van der Waals surface area contributed by atoms with Gasteiger partial charge in [-0.25, -0.2) is 0 Å². The Morgan fingerprint density at radius 1 is 1.11 bits per heavy atom. The first kappa shape index (κ1) is 22.2. The summed E-state index contributed by atoms with van der Waals surface area (Å²) in [4.78, 5) is 0. The summed E-state index contributed by atoms with van der Waals surface area (Å²) in [5.41, 5.74) is 4.56. The minimum absolute atomic E-state index is 0.379. The average molecular weight is 410 g/mol. The standard InChI is InChI=1S/C19H28BFO4SSi/c1-14-16(13-26(21,22)23)11-15(9-10-27(6,7)8)12-17(14)20-24-18(2,3)19(4,5)25-20/h11-12H,13H2,1-8H3. The quantitative estimate of drug-likeness (QED) is 0.436. The van der Waals surface area contributed by atoms with Gasteiger partial charge < -0.3 is 9.31 Å². The molecule has 1 aromatic carbocycles. The third-order valence-corrected chi connectivity index (χ3v) is 6.50. The second kappa shape index (κ2) is 7.03. The van der Waals surface area contributed by atoms with Gasteiger partial charge in [-0.15, -0.1) is 9.43 Å². The normalized spacial score (nSPS) is 18.9. The molecule has 0 radical (unpaired) electrons. The Bertz CT molecular complexity index is 892. The molecule has 8 heteroatoms. The van der Waals surface area contributed by atoms with Gasteiger partial charge in [0.2, 0.25) is 0 Å². The topological polar surface area (TPSA) is 52.6 Å². The van der Waals surface area contributed by atoms with Gasteiger partial charge in [0, 0.05) is 5.56 Å². The van der Waals surface area contributed by atoms with Crippen LogP contribution in [0, 0.1) is 18.4 Å². The summed E-state index contributed by atoms with van der Waals surface area (Å²) in [5, 5.41) is 0. The van der Waals surface area contributed by atoms with Crippen molar-refractivity contribution in [2.45, 2.75) is 71.2 Å². The second-order valence-corrected chi connectivity index (χ2v) is 15.2. The third-order valence-electron chi connectivity index (χ3n) is 4.97. The van der Waals surface area contributed by atoms with Crippen LogP contribution in [0.2, 0.25) is 19.6 Å². The van der Waals surface area contributed by atoms with Gasteiger partial charge in [0.05, 0.1) is 11.2 Å². The van der Waals surface area contributed by atoms with Crippen LogP contribution < -0.4 is 5.46 Å². The SMILES string of the molecule is Cc1c(CS(=O)(=O)F)cc(C#C[Si](C)(C)C)cc1B1OC(C)(C)C(C)(C)O1. The van der Waals surface area contributed by atoms with Crippen LogP contribution in [0.4, 0.5) is 3.89 Å². The summed E-state index contributed by atoms with van der Waals surface area (Å²) in [6.45, 7) is 15.9. The monoisotopic (exact) mass is 410 g/mol. The zero-order chi connectivity index (χ0) is 20.8. The van der Waals surface area contributed by atoms with E-state index in [1.165, 1.54) is 0 Å². The van der Waals surface area contributed by atoms with Crippen molar-refractivity contribution in [2.24, 2.45) is 0 Å². The molecule has 0 unspecified atom stereocenters. The lowest BCUT2D eigenvalue weighted by Gasteiger charge is -2.32. The van der Waals surface area contributed by atoms with Crippen molar-refractivity contribution in [1.82, 2.24) is 0 Å². The van der Waals surface area contributed by atoms with E-state index in [0.29, 0.717) is 22.2 Å². The first-order valence-electron chi connectivity index (χ1n) is 8.95. The van der Waals surface area contributed by atoms with Crippen molar-refractivity contribution in [3.05, 3.63) is 28.8 Å². The minimum atomic E-state index is -4.67. The molecule has 0 N–H and O–H groups in total. The highest BCUT2D eigenvalue weighted by molar-refractivity contribution is 7.85. The van der Waals surface area contributed by atoms with E-state index in [4.69, 9.17) is 9.31 Å². The molecule has 1 aromatic rings. The summed E-state index contributed by atoms with van der Waals surface area (Å²) in [7, 11) is -6.96. The molecule has 1 saturated heterocycles. The second-order valence-electron chi connectivity index (χ2n) is 9.12. The number of halogens is 1. The lowest BCUT2D eigenvalue weighted by Crippen LogP contribution is -2.41. The van der Waals surface area contributed by atoms with Crippen LogP contribution in [0.25, 0.3) is 0 Å². The van der Waals surface area contributed by atoms with Crippen LogP contribution in [0.5, 0.6) is 0 Å². The van der Waals surface area contributed by atoms with Crippen molar-refractivity contribution in [2.75, 3.05) is 0 Å². The van der Waals surface area contributed by atoms with E-state index in [-0.39, 0.29) is 0 Å². The van der Waals surface area contributed by atoms with E-state index in [2.05, 4.69) is 31.1 Å². The van der Waals surface area contributed by atoms with Crippen LogP contribution in [-0.2, 0) is 25.3 Å². The Labute approximate surface area is 164 Å². The van der Waals surface area contributed by atoms with Crippen LogP contribution >= 0.6 is 0 Å². The van der Waals surface area contributed by atoms with Crippen molar-refractivity contribution >= 4 is 30.9 Å². The largest absolute Gasteiger partial charge is 0.495 e. The maximum absolute atomic E-state index is 13.4.